The molecular weight excluding hydrogens is 402 g/mol. The highest BCUT2D eigenvalue weighted by atomic mass is 35.5. The number of aromatic nitrogens is 1. The van der Waals surface area contributed by atoms with E-state index in [2.05, 4.69) is 32.3 Å². The molecule has 1 aliphatic rings. The first-order valence-corrected chi connectivity index (χ1v) is 10.7. The molecule has 1 aromatic heterocycles. The van der Waals surface area contributed by atoms with Gasteiger partial charge in [0.15, 0.2) is 0 Å². The molecule has 0 radical (unpaired) electrons. The number of aryl methyl sites for hydroxylation is 1. The van der Waals surface area contributed by atoms with Crippen molar-refractivity contribution in [3.8, 4) is 0 Å². The van der Waals surface area contributed by atoms with Gasteiger partial charge in [-0.2, -0.15) is 10.2 Å². The van der Waals surface area contributed by atoms with Crippen LogP contribution in [0.4, 0.5) is 14.5 Å². The maximum atomic E-state index is 12.7. The monoisotopic (exact) mass is 422 g/mol. The molecule has 0 N–H and O–H groups in total. The highest BCUT2D eigenvalue weighted by molar-refractivity contribution is 8.15. The molecule has 8 heteroatoms. The third-order valence-corrected chi connectivity index (χ3v) is 6.49. The Bertz CT molecular complexity index is 942. The van der Waals surface area contributed by atoms with E-state index >= 15 is 0 Å². The number of anilines is 1. The topological polar surface area (TPSA) is 40.9 Å². The molecule has 2 aromatic rings. The number of nitrogens with zero attached hydrogens (tertiary/aromatic N) is 4. The Morgan fingerprint density at radius 1 is 1.25 bits per heavy atom. The lowest BCUT2D eigenvalue weighted by Gasteiger charge is -2.27. The van der Waals surface area contributed by atoms with E-state index in [0.717, 1.165) is 27.7 Å². The van der Waals surface area contributed by atoms with Crippen molar-refractivity contribution in [2.75, 3.05) is 10.1 Å². The van der Waals surface area contributed by atoms with E-state index in [1.807, 2.05) is 37.3 Å². The fraction of sp³-hybridized carbons (Fsp3) is 0.300. The van der Waals surface area contributed by atoms with E-state index in [9.17, 15) is 8.78 Å². The van der Waals surface area contributed by atoms with Gasteiger partial charge in [0, 0.05) is 34.6 Å². The minimum atomic E-state index is -2.58. The zero-order valence-corrected chi connectivity index (χ0v) is 17.3. The molecule has 0 amide bonds. The second-order valence-corrected chi connectivity index (χ2v) is 8.72. The molecule has 1 unspecified atom stereocenters. The molecular formula is C20H21ClF2N4S. The summed E-state index contributed by atoms with van der Waals surface area (Å²) >= 11 is 6.16. The van der Waals surface area contributed by atoms with Crippen molar-refractivity contribution in [1.29, 1.82) is 0 Å². The number of hydrogen-bond donors (Lipinski definition) is 0. The molecule has 0 spiro atoms. The Kier molecular flexibility index (Phi) is 6.57. The van der Waals surface area contributed by atoms with E-state index in [0.29, 0.717) is 17.8 Å². The molecule has 1 atom stereocenters. The lowest BCUT2D eigenvalue weighted by atomic mass is 10.1. The summed E-state index contributed by atoms with van der Waals surface area (Å²) in [5.74, 6) is 5.18. The van der Waals surface area contributed by atoms with Crippen LogP contribution in [-0.4, -0.2) is 34.5 Å². The standard InChI is InChI=1S/C20H21ClF2N4S/c1-4-28(3)27(16-7-8-17(21)13(2)9-16)12-15-6-5-14(11-24-15)18-10-19(20(22)23)26-25-18/h5-9,11,20H,3-4,10,12H2,1-2H3. The Hall–Kier alpha value is -2.12. The molecule has 0 aliphatic carbocycles. The van der Waals surface area contributed by atoms with Gasteiger partial charge in [0.1, 0.15) is 5.71 Å². The summed E-state index contributed by atoms with van der Waals surface area (Å²) in [6.07, 6.45) is -0.849. The second-order valence-electron chi connectivity index (χ2n) is 6.37. The van der Waals surface area contributed by atoms with Crippen molar-refractivity contribution in [2.24, 2.45) is 10.2 Å². The van der Waals surface area contributed by atoms with E-state index in [1.54, 1.807) is 6.20 Å². The normalized spacial score (nSPS) is 14.8. The minimum Gasteiger partial charge on any atom is -0.316 e. The zero-order chi connectivity index (χ0) is 20.3. The highest BCUT2D eigenvalue weighted by Crippen LogP contribution is 2.31. The van der Waals surface area contributed by atoms with Gasteiger partial charge in [-0.25, -0.2) is 8.78 Å². The molecule has 0 fully saturated rings. The summed E-state index contributed by atoms with van der Waals surface area (Å²) in [7, 11) is -0.224. The van der Waals surface area contributed by atoms with Crippen LogP contribution in [0.25, 0.3) is 0 Å². The van der Waals surface area contributed by atoms with E-state index in [-0.39, 0.29) is 22.8 Å². The summed E-state index contributed by atoms with van der Waals surface area (Å²) in [4.78, 5) is 4.50. The Labute approximate surface area is 171 Å². The van der Waals surface area contributed by atoms with Gasteiger partial charge in [-0.1, -0.05) is 24.4 Å². The first-order valence-electron chi connectivity index (χ1n) is 8.80. The first kappa shape index (κ1) is 20.6. The van der Waals surface area contributed by atoms with Crippen LogP contribution in [0.2, 0.25) is 5.02 Å². The highest BCUT2D eigenvalue weighted by Gasteiger charge is 2.22. The van der Waals surface area contributed by atoms with Crippen molar-refractivity contribution in [3.63, 3.8) is 0 Å². The van der Waals surface area contributed by atoms with E-state index in [1.165, 1.54) is 0 Å². The Morgan fingerprint density at radius 3 is 2.61 bits per heavy atom. The number of alkyl halides is 2. The lowest BCUT2D eigenvalue weighted by Crippen LogP contribution is -2.18. The largest absolute Gasteiger partial charge is 0.316 e. The van der Waals surface area contributed by atoms with Crippen LogP contribution in [0.1, 0.15) is 30.2 Å². The van der Waals surface area contributed by atoms with Crippen LogP contribution in [-0.2, 0) is 6.54 Å². The molecule has 0 saturated carbocycles. The number of halogens is 3. The fourth-order valence-electron chi connectivity index (χ4n) is 2.75. The SMILES string of the molecule is C=S(CC)N(Cc1ccc(C2=NN=C(C(F)F)C2)cn1)c1ccc(Cl)c(C)c1. The first-order chi connectivity index (χ1) is 13.4. The second kappa shape index (κ2) is 8.92. The lowest BCUT2D eigenvalue weighted by molar-refractivity contribution is 0.224. The van der Waals surface area contributed by atoms with Crippen LogP contribution in [0.3, 0.4) is 0 Å². The van der Waals surface area contributed by atoms with Gasteiger partial charge in [-0.15, -0.1) is 10.7 Å². The number of hydrogen-bond acceptors (Lipinski definition) is 4. The van der Waals surface area contributed by atoms with Gasteiger partial charge in [0.2, 0.25) is 0 Å². The predicted octanol–water partition coefficient (Wildman–Crippen LogP) is 5.50. The smallest absolute Gasteiger partial charge is 0.278 e. The predicted molar refractivity (Wildman–Crippen MR) is 116 cm³/mol. The molecule has 0 saturated heterocycles. The summed E-state index contributed by atoms with van der Waals surface area (Å²) in [5, 5.41) is 8.14. The maximum Gasteiger partial charge on any atom is 0.278 e. The van der Waals surface area contributed by atoms with Crippen LogP contribution >= 0.6 is 22.3 Å². The number of pyridine rings is 1. The maximum absolute atomic E-state index is 12.7. The van der Waals surface area contributed by atoms with Gasteiger partial charge in [-0.3, -0.25) is 4.98 Å². The van der Waals surface area contributed by atoms with Gasteiger partial charge >= 0.3 is 0 Å². The summed E-state index contributed by atoms with van der Waals surface area (Å²) < 4.78 is 27.6. The van der Waals surface area contributed by atoms with Crippen molar-refractivity contribution < 1.29 is 8.78 Å². The van der Waals surface area contributed by atoms with Crippen LogP contribution in [0, 0.1) is 6.92 Å². The van der Waals surface area contributed by atoms with Gasteiger partial charge < -0.3 is 4.31 Å². The third kappa shape index (κ3) is 4.64. The molecule has 1 aliphatic heterocycles. The zero-order valence-electron chi connectivity index (χ0n) is 15.7. The average molecular weight is 423 g/mol. The average Bonchev–Trinajstić information content (AvgIpc) is 3.19. The van der Waals surface area contributed by atoms with Crippen molar-refractivity contribution in [2.45, 2.75) is 33.2 Å². The van der Waals surface area contributed by atoms with Crippen LogP contribution in [0.5, 0.6) is 0 Å². The molecule has 1 aromatic carbocycles. The van der Waals surface area contributed by atoms with Gasteiger partial charge in [-0.05, 0) is 42.8 Å². The molecule has 148 valence electrons. The summed E-state index contributed by atoms with van der Waals surface area (Å²) in [5.41, 5.74) is 3.94. The summed E-state index contributed by atoms with van der Waals surface area (Å²) in [6.45, 7) is 4.66. The van der Waals surface area contributed by atoms with Gasteiger partial charge in [0.25, 0.3) is 6.43 Å². The molecule has 0 bridgehead atoms. The molecule has 4 nitrogen and oxygen atoms in total. The van der Waals surface area contributed by atoms with E-state index in [4.69, 9.17) is 11.6 Å². The number of rotatable bonds is 7. The quantitative estimate of drug-likeness (QED) is 0.553. The third-order valence-electron chi connectivity index (χ3n) is 4.44. The molecule has 2 heterocycles. The van der Waals surface area contributed by atoms with Crippen LogP contribution in [0.15, 0.2) is 46.7 Å². The van der Waals surface area contributed by atoms with Gasteiger partial charge in [0.05, 0.1) is 18.0 Å². The Balaban J connectivity index is 1.77. The van der Waals surface area contributed by atoms with Crippen LogP contribution < -0.4 is 4.31 Å². The molecule has 28 heavy (non-hydrogen) atoms. The van der Waals surface area contributed by atoms with E-state index < -0.39 is 6.43 Å². The Morgan fingerprint density at radius 2 is 2.04 bits per heavy atom. The minimum absolute atomic E-state index is 0.0625. The molecule has 3 rings (SSSR count). The van der Waals surface area contributed by atoms with Crippen molar-refractivity contribution >= 4 is 45.3 Å². The van der Waals surface area contributed by atoms with Crippen molar-refractivity contribution in [1.82, 2.24) is 4.98 Å². The number of benzene rings is 1. The summed E-state index contributed by atoms with van der Waals surface area (Å²) in [6, 6.07) is 9.67. The van der Waals surface area contributed by atoms with Crippen molar-refractivity contribution in [3.05, 3.63) is 58.4 Å². The fourth-order valence-corrected chi connectivity index (χ4v) is 3.91.